The third kappa shape index (κ3) is 4.21. The first-order valence-electron chi connectivity index (χ1n) is 7.97. The zero-order valence-corrected chi connectivity index (χ0v) is 13.9. The van der Waals surface area contributed by atoms with Crippen molar-refractivity contribution in [2.45, 2.75) is 56.9 Å². The normalized spacial score (nSPS) is 26.9. The number of carbonyl (C=O) groups excluding carboxylic acids is 2. The molecule has 0 bridgehead atoms. The number of sulfone groups is 1. The first-order chi connectivity index (χ1) is 10.4. The molecule has 7 heteroatoms. The molecule has 1 saturated heterocycles. The van der Waals surface area contributed by atoms with Crippen LogP contribution in [0.3, 0.4) is 0 Å². The summed E-state index contributed by atoms with van der Waals surface area (Å²) in [5, 5.41) is 2.87. The fourth-order valence-corrected chi connectivity index (χ4v) is 5.38. The molecular formula is C15H25NO5S. The standard InChI is InChI=1S/C15H25NO5S/c1-21-14(18)15(7-4-2-3-5-8-15)16-13(17)10-12-6-9-22(19,20)11-12/h12H,2-11H2,1H3,(H,16,17)/t12-/m0/s1. The van der Waals surface area contributed by atoms with Crippen LogP contribution in [0, 0.1) is 5.92 Å². The zero-order chi connectivity index (χ0) is 16.2. The van der Waals surface area contributed by atoms with Crippen molar-refractivity contribution in [3.8, 4) is 0 Å². The maximum Gasteiger partial charge on any atom is 0.331 e. The van der Waals surface area contributed by atoms with Crippen LogP contribution in [0.15, 0.2) is 0 Å². The van der Waals surface area contributed by atoms with Gasteiger partial charge in [-0.15, -0.1) is 0 Å². The molecule has 0 spiro atoms. The molecule has 1 aliphatic carbocycles. The Balaban J connectivity index is 2.00. The highest BCUT2D eigenvalue weighted by Crippen LogP contribution is 2.29. The van der Waals surface area contributed by atoms with E-state index in [2.05, 4.69) is 5.32 Å². The smallest absolute Gasteiger partial charge is 0.331 e. The second kappa shape index (κ2) is 6.98. The maximum absolute atomic E-state index is 12.3. The summed E-state index contributed by atoms with van der Waals surface area (Å²) < 4.78 is 27.8. The molecule has 1 saturated carbocycles. The van der Waals surface area contributed by atoms with Gasteiger partial charge in [-0.05, 0) is 25.2 Å². The van der Waals surface area contributed by atoms with Crippen molar-refractivity contribution in [1.29, 1.82) is 0 Å². The van der Waals surface area contributed by atoms with Gasteiger partial charge in [0, 0.05) is 6.42 Å². The Bertz CT molecular complexity index is 520. The molecular weight excluding hydrogens is 306 g/mol. The first kappa shape index (κ1) is 17.2. The fraction of sp³-hybridized carbons (Fsp3) is 0.867. The highest BCUT2D eigenvalue weighted by Gasteiger charge is 2.41. The molecule has 0 unspecified atom stereocenters. The highest BCUT2D eigenvalue weighted by atomic mass is 32.2. The van der Waals surface area contributed by atoms with E-state index in [0.29, 0.717) is 19.3 Å². The van der Waals surface area contributed by atoms with E-state index in [1.165, 1.54) is 7.11 Å². The van der Waals surface area contributed by atoms with Gasteiger partial charge in [-0.1, -0.05) is 25.7 Å². The van der Waals surface area contributed by atoms with Gasteiger partial charge in [-0.25, -0.2) is 13.2 Å². The Labute approximate surface area is 131 Å². The lowest BCUT2D eigenvalue weighted by atomic mass is 9.89. The predicted octanol–water partition coefficient (Wildman–Crippen LogP) is 1.19. The Kier molecular flexibility index (Phi) is 5.47. The predicted molar refractivity (Wildman–Crippen MR) is 82.0 cm³/mol. The molecule has 0 aromatic carbocycles. The van der Waals surface area contributed by atoms with Crippen LogP contribution in [-0.2, 0) is 24.2 Å². The minimum absolute atomic E-state index is 0.0750. The number of carbonyl (C=O) groups is 2. The van der Waals surface area contributed by atoms with Crippen molar-refractivity contribution in [2.75, 3.05) is 18.6 Å². The minimum atomic E-state index is -2.99. The van der Waals surface area contributed by atoms with Gasteiger partial charge in [0.15, 0.2) is 9.84 Å². The molecule has 0 radical (unpaired) electrons. The summed E-state index contributed by atoms with van der Waals surface area (Å²) in [7, 11) is -1.65. The van der Waals surface area contributed by atoms with Crippen molar-refractivity contribution in [3.63, 3.8) is 0 Å². The molecule has 1 N–H and O–H groups in total. The fourth-order valence-electron chi connectivity index (χ4n) is 3.52. The average Bonchev–Trinajstić information content (AvgIpc) is 2.66. The van der Waals surface area contributed by atoms with Crippen LogP contribution in [0.5, 0.6) is 0 Å². The molecule has 0 aromatic heterocycles. The van der Waals surface area contributed by atoms with Gasteiger partial charge in [0.05, 0.1) is 18.6 Å². The van der Waals surface area contributed by atoms with E-state index < -0.39 is 15.4 Å². The number of amides is 1. The van der Waals surface area contributed by atoms with Crippen molar-refractivity contribution in [3.05, 3.63) is 0 Å². The van der Waals surface area contributed by atoms with E-state index in [0.717, 1.165) is 25.7 Å². The number of methoxy groups -OCH3 is 1. The van der Waals surface area contributed by atoms with Gasteiger partial charge in [-0.2, -0.15) is 0 Å². The van der Waals surface area contributed by atoms with Crippen LogP contribution < -0.4 is 5.32 Å². The van der Waals surface area contributed by atoms with Gasteiger partial charge in [0.2, 0.25) is 5.91 Å². The summed E-state index contributed by atoms with van der Waals surface area (Å²) in [6.07, 6.45) is 5.74. The number of hydrogen-bond donors (Lipinski definition) is 1. The summed E-state index contributed by atoms with van der Waals surface area (Å²) in [4.78, 5) is 24.5. The van der Waals surface area contributed by atoms with Crippen LogP contribution in [0.25, 0.3) is 0 Å². The number of esters is 1. The van der Waals surface area contributed by atoms with Gasteiger partial charge in [0.25, 0.3) is 0 Å². The van der Waals surface area contributed by atoms with Crippen molar-refractivity contribution >= 4 is 21.7 Å². The number of ether oxygens (including phenoxy) is 1. The molecule has 6 nitrogen and oxygen atoms in total. The third-order valence-electron chi connectivity index (χ3n) is 4.71. The van der Waals surface area contributed by atoms with Gasteiger partial charge < -0.3 is 10.1 Å². The molecule has 1 heterocycles. The van der Waals surface area contributed by atoms with Crippen molar-refractivity contribution < 1.29 is 22.7 Å². The summed E-state index contributed by atoms with van der Waals surface area (Å²) in [6, 6.07) is 0. The second-order valence-electron chi connectivity index (χ2n) is 6.51. The van der Waals surface area contributed by atoms with Crippen LogP contribution >= 0.6 is 0 Å². The molecule has 2 rings (SSSR count). The summed E-state index contributed by atoms with van der Waals surface area (Å²) in [5.74, 6) is -0.527. The maximum atomic E-state index is 12.3. The minimum Gasteiger partial charge on any atom is -0.467 e. The lowest BCUT2D eigenvalue weighted by Crippen LogP contribution is -2.55. The third-order valence-corrected chi connectivity index (χ3v) is 6.55. The van der Waals surface area contributed by atoms with Crippen molar-refractivity contribution in [2.24, 2.45) is 5.92 Å². The SMILES string of the molecule is COC(=O)C1(NC(=O)C[C@@H]2CCS(=O)(=O)C2)CCCCCC1. The van der Waals surface area contributed by atoms with E-state index in [1.54, 1.807) is 0 Å². The molecule has 2 aliphatic rings. The molecule has 126 valence electrons. The van der Waals surface area contributed by atoms with E-state index in [-0.39, 0.29) is 35.7 Å². The van der Waals surface area contributed by atoms with Crippen molar-refractivity contribution in [1.82, 2.24) is 5.32 Å². The lowest BCUT2D eigenvalue weighted by molar-refractivity contribution is -0.151. The lowest BCUT2D eigenvalue weighted by Gasteiger charge is -2.31. The van der Waals surface area contributed by atoms with Crippen LogP contribution in [-0.4, -0.2) is 44.4 Å². The van der Waals surface area contributed by atoms with E-state index in [9.17, 15) is 18.0 Å². The van der Waals surface area contributed by atoms with E-state index in [1.807, 2.05) is 0 Å². The molecule has 0 aromatic rings. The van der Waals surface area contributed by atoms with Gasteiger partial charge >= 0.3 is 5.97 Å². The van der Waals surface area contributed by atoms with E-state index in [4.69, 9.17) is 4.74 Å². The Morgan fingerprint density at radius 1 is 1.18 bits per heavy atom. The molecule has 1 aliphatic heterocycles. The molecule has 2 fully saturated rings. The monoisotopic (exact) mass is 331 g/mol. The molecule has 1 amide bonds. The largest absolute Gasteiger partial charge is 0.467 e. The second-order valence-corrected chi connectivity index (χ2v) is 8.74. The highest BCUT2D eigenvalue weighted by molar-refractivity contribution is 7.91. The molecule has 22 heavy (non-hydrogen) atoms. The number of nitrogens with one attached hydrogen (secondary N) is 1. The summed E-state index contributed by atoms with van der Waals surface area (Å²) in [5.41, 5.74) is -0.931. The van der Waals surface area contributed by atoms with Crippen LogP contribution in [0.1, 0.15) is 51.4 Å². The Morgan fingerprint density at radius 3 is 2.32 bits per heavy atom. The zero-order valence-electron chi connectivity index (χ0n) is 13.1. The molecule has 1 atom stereocenters. The van der Waals surface area contributed by atoms with Gasteiger partial charge in [-0.3, -0.25) is 4.79 Å². The van der Waals surface area contributed by atoms with Crippen LogP contribution in [0.2, 0.25) is 0 Å². The Hall–Kier alpha value is -1.11. The first-order valence-corrected chi connectivity index (χ1v) is 9.79. The topological polar surface area (TPSA) is 89.5 Å². The summed E-state index contributed by atoms with van der Waals surface area (Å²) >= 11 is 0. The summed E-state index contributed by atoms with van der Waals surface area (Å²) in [6.45, 7) is 0. The quantitative estimate of drug-likeness (QED) is 0.617. The van der Waals surface area contributed by atoms with Crippen LogP contribution in [0.4, 0.5) is 0 Å². The number of hydrogen-bond acceptors (Lipinski definition) is 5. The van der Waals surface area contributed by atoms with Gasteiger partial charge in [0.1, 0.15) is 5.54 Å². The number of rotatable bonds is 4. The Morgan fingerprint density at radius 2 is 1.82 bits per heavy atom. The average molecular weight is 331 g/mol. The van der Waals surface area contributed by atoms with E-state index >= 15 is 0 Å².